The van der Waals surface area contributed by atoms with Gasteiger partial charge in [0, 0.05) is 75.1 Å². The molecule has 0 spiro atoms. The maximum absolute atomic E-state index is 13.4. The van der Waals surface area contributed by atoms with Crippen LogP contribution in [0.15, 0.2) is 35.4 Å². The number of piperidine rings is 1. The van der Waals surface area contributed by atoms with Gasteiger partial charge in [0.25, 0.3) is 5.56 Å². The highest BCUT2D eigenvalue weighted by atomic mass is 16.2. The van der Waals surface area contributed by atoms with Crippen molar-refractivity contribution in [3.8, 4) is 0 Å². The smallest absolute Gasteiger partial charge is 0.277 e. The molecule has 0 unspecified atom stereocenters. The van der Waals surface area contributed by atoms with Gasteiger partial charge >= 0.3 is 0 Å². The molecule has 3 aromatic heterocycles. The third kappa shape index (κ3) is 3.86. The average Bonchev–Trinajstić information content (AvgIpc) is 3.24. The number of fused-ring (bicyclic) bond motifs is 2. The van der Waals surface area contributed by atoms with E-state index in [1.807, 2.05) is 23.1 Å². The molecule has 33 heavy (non-hydrogen) atoms. The highest BCUT2D eigenvalue weighted by Crippen LogP contribution is 2.32. The van der Waals surface area contributed by atoms with Crippen molar-refractivity contribution in [2.45, 2.75) is 57.5 Å². The number of H-pyrrole nitrogens is 1. The van der Waals surface area contributed by atoms with E-state index in [9.17, 15) is 9.59 Å². The van der Waals surface area contributed by atoms with Gasteiger partial charge in [-0.3, -0.25) is 24.6 Å². The van der Waals surface area contributed by atoms with E-state index in [2.05, 4.69) is 15.0 Å². The SMILES string of the molecule is O=C(C1CCC1)N1CCC[C@H](c2cc3nc4c(c(=O)n3[nH]2)CN(Cc2ccncc2)CC4)C1. The van der Waals surface area contributed by atoms with Crippen LogP contribution in [0, 0.1) is 5.92 Å². The molecule has 3 aliphatic rings. The van der Waals surface area contributed by atoms with Gasteiger partial charge in [0.2, 0.25) is 5.91 Å². The fourth-order valence-corrected chi connectivity index (χ4v) is 5.49. The van der Waals surface area contributed by atoms with Crippen LogP contribution in [-0.2, 0) is 24.3 Å². The monoisotopic (exact) mass is 446 g/mol. The van der Waals surface area contributed by atoms with Gasteiger partial charge in [-0.1, -0.05) is 6.42 Å². The Morgan fingerprint density at radius 2 is 1.97 bits per heavy atom. The molecule has 5 heterocycles. The molecule has 172 valence electrons. The number of carbonyl (C=O) groups is 1. The number of amides is 1. The molecule has 8 nitrogen and oxygen atoms in total. The van der Waals surface area contributed by atoms with Crippen LogP contribution in [0.5, 0.6) is 0 Å². The molecule has 0 bridgehead atoms. The number of hydrogen-bond acceptors (Lipinski definition) is 5. The molecule has 3 aromatic rings. The maximum atomic E-state index is 13.4. The summed E-state index contributed by atoms with van der Waals surface area (Å²) in [7, 11) is 0. The normalized spacial score (nSPS) is 21.7. The summed E-state index contributed by atoms with van der Waals surface area (Å²) in [6.07, 6.45) is 9.66. The van der Waals surface area contributed by atoms with Crippen molar-refractivity contribution in [1.29, 1.82) is 0 Å². The fourth-order valence-electron chi connectivity index (χ4n) is 5.49. The highest BCUT2D eigenvalue weighted by Gasteiger charge is 2.33. The molecule has 1 N–H and O–H groups in total. The van der Waals surface area contributed by atoms with Crippen LogP contribution in [0.2, 0.25) is 0 Å². The summed E-state index contributed by atoms with van der Waals surface area (Å²) < 4.78 is 1.61. The fraction of sp³-hybridized carbons (Fsp3) is 0.520. The zero-order chi connectivity index (χ0) is 22.4. The van der Waals surface area contributed by atoms with Crippen LogP contribution in [-0.4, -0.2) is 54.9 Å². The Balaban J connectivity index is 1.23. The largest absolute Gasteiger partial charge is 0.342 e. The van der Waals surface area contributed by atoms with Crippen molar-refractivity contribution in [2.24, 2.45) is 5.92 Å². The summed E-state index contributed by atoms with van der Waals surface area (Å²) in [6, 6.07) is 6.06. The van der Waals surface area contributed by atoms with E-state index in [1.54, 1.807) is 16.9 Å². The van der Waals surface area contributed by atoms with E-state index in [4.69, 9.17) is 4.98 Å². The van der Waals surface area contributed by atoms with Crippen molar-refractivity contribution in [3.63, 3.8) is 0 Å². The van der Waals surface area contributed by atoms with E-state index in [1.165, 1.54) is 12.0 Å². The average molecular weight is 447 g/mol. The molecule has 0 radical (unpaired) electrons. The first-order valence-electron chi connectivity index (χ1n) is 12.2. The van der Waals surface area contributed by atoms with Crippen molar-refractivity contribution >= 4 is 11.6 Å². The third-order valence-corrected chi connectivity index (χ3v) is 7.64. The summed E-state index contributed by atoms with van der Waals surface area (Å²) in [4.78, 5) is 39.4. The van der Waals surface area contributed by atoms with Gasteiger partial charge < -0.3 is 4.90 Å². The third-order valence-electron chi connectivity index (χ3n) is 7.64. The van der Waals surface area contributed by atoms with Crippen molar-refractivity contribution in [1.82, 2.24) is 29.4 Å². The van der Waals surface area contributed by atoms with Gasteiger partial charge in [-0.05, 0) is 43.4 Å². The van der Waals surface area contributed by atoms with Crippen LogP contribution in [0.3, 0.4) is 0 Å². The summed E-state index contributed by atoms with van der Waals surface area (Å²) in [5.41, 5.74) is 4.61. The van der Waals surface area contributed by atoms with Crippen molar-refractivity contribution in [2.75, 3.05) is 19.6 Å². The summed E-state index contributed by atoms with van der Waals surface area (Å²) in [5.74, 6) is 0.781. The molecular weight excluding hydrogens is 416 g/mol. The van der Waals surface area contributed by atoms with E-state index in [-0.39, 0.29) is 17.4 Å². The first kappa shape index (κ1) is 20.6. The van der Waals surface area contributed by atoms with Gasteiger partial charge in [0.05, 0.1) is 11.3 Å². The van der Waals surface area contributed by atoms with Crippen LogP contribution in [0.25, 0.3) is 5.65 Å². The standard InChI is InChI=1S/C25H30N6O2/c32-24(18-3-1-4-18)30-11-2-5-19(15-30)22-13-23-27-21-8-12-29(14-17-6-9-26-10-7-17)16-20(21)25(33)31(23)28-22/h6-7,9-10,13,18-19,28H,1-5,8,11-12,14-16H2/t19-/m0/s1. The van der Waals surface area contributed by atoms with Crippen LogP contribution < -0.4 is 5.56 Å². The quantitative estimate of drug-likeness (QED) is 0.665. The first-order chi connectivity index (χ1) is 16.2. The lowest BCUT2D eigenvalue weighted by molar-refractivity contribution is -0.139. The molecule has 1 aliphatic carbocycles. The van der Waals surface area contributed by atoms with E-state index < -0.39 is 0 Å². The lowest BCUT2D eigenvalue weighted by Gasteiger charge is -2.37. The molecule has 1 saturated heterocycles. The Labute approximate surface area is 192 Å². The van der Waals surface area contributed by atoms with Gasteiger partial charge in [-0.2, -0.15) is 0 Å². The van der Waals surface area contributed by atoms with Crippen LogP contribution in [0.1, 0.15) is 60.5 Å². The number of likely N-dealkylation sites (tertiary alicyclic amines) is 1. The predicted molar refractivity (Wildman–Crippen MR) is 124 cm³/mol. The molecule has 8 heteroatoms. The second-order valence-electron chi connectivity index (χ2n) is 9.81. The Morgan fingerprint density at radius 1 is 1.12 bits per heavy atom. The number of aromatic nitrogens is 4. The lowest BCUT2D eigenvalue weighted by atomic mass is 9.83. The topological polar surface area (TPSA) is 86.6 Å². The summed E-state index contributed by atoms with van der Waals surface area (Å²) >= 11 is 0. The highest BCUT2D eigenvalue weighted by molar-refractivity contribution is 5.79. The number of pyridine rings is 1. The zero-order valence-corrected chi connectivity index (χ0v) is 18.9. The van der Waals surface area contributed by atoms with Gasteiger partial charge in [0.15, 0.2) is 5.65 Å². The Bertz CT molecular complexity index is 1230. The molecule has 2 fully saturated rings. The second kappa shape index (κ2) is 8.41. The predicted octanol–water partition coefficient (Wildman–Crippen LogP) is 2.48. The Hall–Kier alpha value is -3.00. The molecule has 1 amide bonds. The van der Waals surface area contributed by atoms with Gasteiger partial charge in [-0.15, -0.1) is 0 Å². The summed E-state index contributed by atoms with van der Waals surface area (Å²) in [6.45, 7) is 3.87. The van der Waals surface area contributed by atoms with E-state index in [0.717, 1.165) is 75.2 Å². The van der Waals surface area contributed by atoms with E-state index >= 15 is 0 Å². The molecule has 6 rings (SSSR count). The van der Waals surface area contributed by atoms with E-state index in [0.29, 0.717) is 18.1 Å². The van der Waals surface area contributed by atoms with Crippen molar-refractivity contribution in [3.05, 3.63) is 63.5 Å². The molecule has 2 aliphatic heterocycles. The zero-order valence-electron chi connectivity index (χ0n) is 18.9. The number of rotatable bonds is 4. The van der Waals surface area contributed by atoms with Crippen molar-refractivity contribution < 1.29 is 4.79 Å². The first-order valence-corrected chi connectivity index (χ1v) is 12.2. The summed E-state index contributed by atoms with van der Waals surface area (Å²) in [5, 5.41) is 3.34. The van der Waals surface area contributed by atoms with Gasteiger partial charge in [0.1, 0.15) is 0 Å². The van der Waals surface area contributed by atoms with Gasteiger partial charge in [-0.25, -0.2) is 9.50 Å². The Morgan fingerprint density at radius 3 is 2.76 bits per heavy atom. The number of aromatic amines is 1. The number of carbonyl (C=O) groups excluding carboxylic acids is 1. The second-order valence-corrected chi connectivity index (χ2v) is 9.81. The molecule has 1 atom stereocenters. The minimum atomic E-state index is -0.00103. The minimum absolute atomic E-state index is 0.00103. The number of nitrogens with one attached hydrogen (secondary N) is 1. The Kier molecular flexibility index (Phi) is 5.25. The molecule has 0 aromatic carbocycles. The minimum Gasteiger partial charge on any atom is -0.342 e. The van der Waals surface area contributed by atoms with Crippen LogP contribution in [0.4, 0.5) is 0 Å². The van der Waals surface area contributed by atoms with Crippen LogP contribution >= 0.6 is 0 Å². The molecule has 1 saturated carbocycles. The molecular formula is C25H30N6O2. The maximum Gasteiger partial charge on any atom is 0.277 e. The number of nitrogens with zero attached hydrogens (tertiary/aromatic N) is 5. The lowest BCUT2D eigenvalue weighted by Crippen LogP contribution is -2.44. The number of hydrogen-bond donors (Lipinski definition) is 1.